The molecule has 0 fully saturated rings. The Balaban J connectivity index is 1.97. The maximum atomic E-state index is 12.4. The highest BCUT2D eigenvalue weighted by molar-refractivity contribution is 5.64. The van der Waals surface area contributed by atoms with E-state index in [0.717, 1.165) is 17.7 Å². The van der Waals surface area contributed by atoms with Crippen LogP contribution in [0.1, 0.15) is 11.1 Å². The molecule has 2 aromatic carbocycles. The largest absolute Gasteiger partial charge is 0.514 e. The summed E-state index contributed by atoms with van der Waals surface area (Å²) < 4.78 is 38.8. The van der Waals surface area contributed by atoms with E-state index in [4.69, 9.17) is 9.47 Å². The number of halogens is 2. The molecule has 0 aliphatic carbocycles. The number of ether oxygens (including phenoxy) is 3. The highest BCUT2D eigenvalue weighted by atomic mass is 19.3. The van der Waals surface area contributed by atoms with E-state index in [9.17, 15) is 23.7 Å². The van der Waals surface area contributed by atoms with E-state index >= 15 is 0 Å². The number of nitrogens with zero attached hydrogens (tertiary/aromatic N) is 1. The number of benzene rings is 2. The number of hydrogen-bond donors (Lipinski definition) is 0. The molecular formula is C16H13F2NO6. The molecule has 2 aromatic rings. The summed E-state index contributed by atoms with van der Waals surface area (Å²) in [5, 5.41) is 10.5. The van der Waals surface area contributed by atoms with Crippen LogP contribution in [-0.4, -0.2) is 17.7 Å². The SMILES string of the molecule is Cc1ccc(OC(F)F)c(COC(=O)Oc2ccc([N+](=O)[O-])cc2)c1. The van der Waals surface area contributed by atoms with Crippen LogP contribution in [0, 0.1) is 17.0 Å². The summed E-state index contributed by atoms with van der Waals surface area (Å²) in [6, 6.07) is 9.26. The van der Waals surface area contributed by atoms with E-state index in [1.807, 2.05) is 0 Å². The summed E-state index contributed by atoms with van der Waals surface area (Å²) >= 11 is 0. The highest BCUT2D eigenvalue weighted by Crippen LogP contribution is 2.23. The fourth-order valence-corrected chi connectivity index (χ4v) is 1.93. The topological polar surface area (TPSA) is 87.9 Å². The highest BCUT2D eigenvalue weighted by Gasteiger charge is 2.14. The molecule has 0 amide bonds. The van der Waals surface area contributed by atoms with Crippen LogP contribution in [0.15, 0.2) is 42.5 Å². The number of non-ortho nitro benzene ring substituents is 1. The van der Waals surface area contributed by atoms with Crippen LogP contribution in [-0.2, 0) is 11.3 Å². The number of alkyl halides is 2. The number of nitro groups is 1. The Morgan fingerprint density at radius 1 is 1.20 bits per heavy atom. The van der Waals surface area contributed by atoms with Crippen LogP contribution in [0.2, 0.25) is 0 Å². The fraction of sp³-hybridized carbons (Fsp3) is 0.188. The smallest absolute Gasteiger partial charge is 0.434 e. The molecule has 9 heteroatoms. The number of carbonyl (C=O) groups excluding carboxylic acids is 1. The summed E-state index contributed by atoms with van der Waals surface area (Å²) in [6.07, 6.45) is -1.08. The molecule has 0 saturated carbocycles. The normalized spacial score (nSPS) is 10.4. The van der Waals surface area contributed by atoms with Crippen molar-refractivity contribution in [2.45, 2.75) is 20.1 Å². The number of hydrogen-bond acceptors (Lipinski definition) is 6. The number of carbonyl (C=O) groups is 1. The molecule has 0 aromatic heterocycles. The molecule has 2 rings (SSSR count). The molecule has 0 saturated heterocycles. The predicted molar refractivity (Wildman–Crippen MR) is 81.7 cm³/mol. The van der Waals surface area contributed by atoms with Crippen molar-refractivity contribution in [1.29, 1.82) is 0 Å². The summed E-state index contributed by atoms with van der Waals surface area (Å²) in [5.74, 6) is -0.0624. The average molecular weight is 353 g/mol. The maximum Gasteiger partial charge on any atom is 0.514 e. The zero-order chi connectivity index (χ0) is 18.4. The Labute approximate surface area is 140 Å². The minimum absolute atomic E-state index is 0.0453. The van der Waals surface area contributed by atoms with Gasteiger partial charge in [-0.25, -0.2) is 4.79 Å². The molecule has 0 N–H and O–H groups in total. The van der Waals surface area contributed by atoms with Gasteiger partial charge in [0.25, 0.3) is 5.69 Å². The van der Waals surface area contributed by atoms with Crippen molar-refractivity contribution in [2.75, 3.05) is 0 Å². The Hall–Kier alpha value is -3.23. The third kappa shape index (κ3) is 5.41. The second-order valence-electron chi connectivity index (χ2n) is 4.88. The summed E-state index contributed by atoms with van der Waals surface area (Å²) in [4.78, 5) is 21.6. The van der Waals surface area contributed by atoms with E-state index in [2.05, 4.69) is 4.74 Å². The second-order valence-corrected chi connectivity index (χ2v) is 4.88. The quantitative estimate of drug-likeness (QED) is 0.334. The van der Waals surface area contributed by atoms with Gasteiger partial charge in [0.1, 0.15) is 18.1 Å². The van der Waals surface area contributed by atoms with Gasteiger partial charge in [0, 0.05) is 17.7 Å². The summed E-state index contributed by atoms with van der Waals surface area (Å²) in [5.41, 5.74) is 0.860. The van der Waals surface area contributed by atoms with Gasteiger partial charge >= 0.3 is 12.8 Å². The lowest BCUT2D eigenvalue weighted by Gasteiger charge is -2.12. The standard InChI is InChI=1S/C16H13F2NO6/c1-10-2-7-14(25-15(17)18)11(8-10)9-23-16(20)24-13-5-3-12(4-6-13)19(21)22/h2-8,15H,9H2,1H3. The molecule has 7 nitrogen and oxygen atoms in total. The number of rotatable bonds is 6. The van der Waals surface area contributed by atoms with Crippen molar-refractivity contribution in [3.05, 3.63) is 63.7 Å². The first-order valence-corrected chi connectivity index (χ1v) is 6.98. The van der Waals surface area contributed by atoms with E-state index < -0.39 is 17.7 Å². The van der Waals surface area contributed by atoms with E-state index in [1.165, 1.54) is 24.3 Å². The Morgan fingerprint density at radius 2 is 1.88 bits per heavy atom. The van der Waals surface area contributed by atoms with Crippen LogP contribution in [0.5, 0.6) is 11.5 Å². The molecule has 0 radical (unpaired) electrons. The Kier molecular flexibility index (Phi) is 5.83. The van der Waals surface area contributed by atoms with Gasteiger partial charge in [-0.2, -0.15) is 8.78 Å². The van der Waals surface area contributed by atoms with Crippen molar-refractivity contribution in [3.8, 4) is 11.5 Å². The van der Waals surface area contributed by atoms with Crippen molar-refractivity contribution in [3.63, 3.8) is 0 Å². The predicted octanol–water partition coefficient (Wildman–Crippen LogP) is 4.22. The van der Waals surface area contributed by atoms with Crippen LogP contribution in [0.3, 0.4) is 0 Å². The van der Waals surface area contributed by atoms with E-state index in [0.29, 0.717) is 0 Å². The molecule has 0 unspecified atom stereocenters. The minimum Gasteiger partial charge on any atom is -0.434 e. The first-order chi connectivity index (χ1) is 11.8. The van der Waals surface area contributed by atoms with Crippen LogP contribution >= 0.6 is 0 Å². The molecule has 0 aliphatic rings. The number of aryl methyl sites for hydroxylation is 1. The summed E-state index contributed by atoms with van der Waals surface area (Å²) in [7, 11) is 0. The zero-order valence-corrected chi connectivity index (χ0v) is 13.0. The molecular weight excluding hydrogens is 340 g/mol. The maximum absolute atomic E-state index is 12.4. The van der Waals surface area contributed by atoms with Crippen molar-refractivity contribution >= 4 is 11.8 Å². The average Bonchev–Trinajstić information content (AvgIpc) is 2.55. The van der Waals surface area contributed by atoms with Crippen molar-refractivity contribution < 1.29 is 32.7 Å². The molecule has 0 spiro atoms. The first kappa shape index (κ1) is 18.1. The molecule has 0 aliphatic heterocycles. The van der Waals surface area contributed by atoms with Crippen LogP contribution in [0.25, 0.3) is 0 Å². The van der Waals surface area contributed by atoms with Gasteiger partial charge in [-0.3, -0.25) is 10.1 Å². The third-order valence-corrected chi connectivity index (χ3v) is 3.03. The first-order valence-electron chi connectivity index (χ1n) is 6.98. The zero-order valence-electron chi connectivity index (χ0n) is 13.0. The Bertz CT molecular complexity index is 764. The molecule has 0 heterocycles. The second kappa shape index (κ2) is 8.04. The monoisotopic (exact) mass is 353 g/mol. The van der Waals surface area contributed by atoms with Crippen LogP contribution in [0.4, 0.5) is 19.3 Å². The molecule has 25 heavy (non-hydrogen) atoms. The van der Waals surface area contributed by atoms with Crippen molar-refractivity contribution in [2.24, 2.45) is 0 Å². The molecule has 132 valence electrons. The fourth-order valence-electron chi connectivity index (χ4n) is 1.93. The van der Waals surface area contributed by atoms with Gasteiger partial charge < -0.3 is 14.2 Å². The lowest BCUT2D eigenvalue weighted by molar-refractivity contribution is -0.384. The Morgan fingerprint density at radius 3 is 2.48 bits per heavy atom. The van der Waals surface area contributed by atoms with Gasteiger partial charge in [-0.15, -0.1) is 0 Å². The number of nitro benzene ring substituents is 1. The van der Waals surface area contributed by atoms with Crippen LogP contribution < -0.4 is 9.47 Å². The van der Waals surface area contributed by atoms with Gasteiger partial charge in [-0.05, 0) is 31.2 Å². The van der Waals surface area contributed by atoms with Gasteiger partial charge in [0.15, 0.2) is 0 Å². The lowest BCUT2D eigenvalue weighted by atomic mass is 10.1. The van der Waals surface area contributed by atoms with E-state index in [-0.39, 0.29) is 29.4 Å². The lowest BCUT2D eigenvalue weighted by Crippen LogP contribution is -2.12. The van der Waals surface area contributed by atoms with Gasteiger partial charge in [-0.1, -0.05) is 11.6 Å². The third-order valence-electron chi connectivity index (χ3n) is 3.03. The van der Waals surface area contributed by atoms with E-state index in [1.54, 1.807) is 13.0 Å². The van der Waals surface area contributed by atoms with Crippen molar-refractivity contribution in [1.82, 2.24) is 0 Å². The molecule has 0 bridgehead atoms. The van der Waals surface area contributed by atoms with Gasteiger partial charge in [0.05, 0.1) is 4.92 Å². The molecule has 0 atom stereocenters. The summed E-state index contributed by atoms with van der Waals surface area (Å²) in [6.45, 7) is -1.60. The van der Waals surface area contributed by atoms with Gasteiger partial charge in [0.2, 0.25) is 0 Å². The minimum atomic E-state index is -3.01.